The number of nitrogens with zero attached hydrogens (tertiary/aromatic N) is 3. The molecular weight excluding hydrogens is 443 g/mol. The van der Waals surface area contributed by atoms with Crippen molar-refractivity contribution in [3.63, 3.8) is 0 Å². The first-order chi connectivity index (χ1) is 11.7. The Hall–Kier alpha value is -1.87. The summed E-state index contributed by atoms with van der Waals surface area (Å²) in [5, 5.41) is 14.7. The number of hydrogen-bond donors (Lipinski definition) is 1. The van der Waals surface area contributed by atoms with Gasteiger partial charge in [0.1, 0.15) is 6.61 Å². The molecule has 0 amide bonds. The molecule has 1 aromatic heterocycles. The molecule has 0 fully saturated rings. The van der Waals surface area contributed by atoms with Crippen LogP contribution in [-0.2, 0) is 6.61 Å². The largest absolute Gasteiger partial charge is 0.490 e. The summed E-state index contributed by atoms with van der Waals surface area (Å²) in [5.74, 6) is 1.86. The van der Waals surface area contributed by atoms with Crippen molar-refractivity contribution in [3.05, 3.63) is 50.6 Å². The second-order valence-electron chi connectivity index (χ2n) is 4.87. The smallest absolute Gasteiger partial charge is 0.204 e. The molecule has 2 aromatic carbocycles. The number of H-pyrrole nitrogens is 1. The fraction of sp³-hybridized carbons (Fsp3) is 0.188. The van der Waals surface area contributed by atoms with Crippen molar-refractivity contribution < 1.29 is 9.47 Å². The zero-order valence-electron chi connectivity index (χ0n) is 12.8. The zero-order valence-corrected chi connectivity index (χ0v) is 15.7. The number of tetrazole rings is 1. The molecule has 3 rings (SSSR count). The summed E-state index contributed by atoms with van der Waals surface area (Å²) in [6.07, 6.45) is 0. The number of benzene rings is 2. The minimum Gasteiger partial charge on any atom is -0.490 e. The number of halogens is 2. The van der Waals surface area contributed by atoms with Gasteiger partial charge in [0, 0.05) is 10.6 Å². The highest BCUT2D eigenvalue weighted by Crippen LogP contribution is 2.37. The second-order valence-corrected chi connectivity index (χ2v) is 6.47. The highest BCUT2D eigenvalue weighted by atomic mass is 127. The molecule has 0 radical (unpaired) electrons. The Morgan fingerprint density at radius 1 is 1.17 bits per heavy atom. The number of nitrogens with one attached hydrogen (secondary N) is 1. The van der Waals surface area contributed by atoms with Crippen LogP contribution in [0.5, 0.6) is 11.5 Å². The molecule has 1 N–H and O–H groups in total. The van der Waals surface area contributed by atoms with Crippen molar-refractivity contribution >= 4 is 34.2 Å². The zero-order chi connectivity index (χ0) is 16.9. The Morgan fingerprint density at radius 3 is 2.62 bits per heavy atom. The molecule has 8 heteroatoms. The molecule has 0 saturated heterocycles. The fourth-order valence-electron chi connectivity index (χ4n) is 2.12. The molecule has 0 aliphatic heterocycles. The van der Waals surface area contributed by atoms with E-state index in [9.17, 15) is 0 Å². The van der Waals surface area contributed by atoms with E-state index >= 15 is 0 Å². The van der Waals surface area contributed by atoms with Gasteiger partial charge in [-0.05, 0) is 64.6 Å². The van der Waals surface area contributed by atoms with Gasteiger partial charge in [-0.15, -0.1) is 10.2 Å². The van der Waals surface area contributed by atoms with Crippen molar-refractivity contribution in [1.29, 1.82) is 0 Å². The van der Waals surface area contributed by atoms with Gasteiger partial charge in [0.2, 0.25) is 5.82 Å². The second kappa shape index (κ2) is 7.80. The monoisotopic (exact) mass is 456 g/mol. The Bertz CT molecular complexity index is 810. The molecular formula is C16H14ClIN4O2. The summed E-state index contributed by atoms with van der Waals surface area (Å²) in [6, 6.07) is 11.3. The van der Waals surface area contributed by atoms with Crippen molar-refractivity contribution in [2.75, 3.05) is 6.61 Å². The molecule has 3 aromatic rings. The number of hydrogen-bond acceptors (Lipinski definition) is 5. The lowest BCUT2D eigenvalue weighted by molar-refractivity contribution is 0.267. The van der Waals surface area contributed by atoms with E-state index in [2.05, 4.69) is 43.2 Å². The SMILES string of the molecule is CCOc1cc(-c2nn[nH]n2)cc(I)c1OCc1ccc(Cl)cc1. The summed E-state index contributed by atoms with van der Waals surface area (Å²) in [6.45, 7) is 2.88. The van der Waals surface area contributed by atoms with Gasteiger partial charge in [-0.1, -0.05) is 23.7 Å². The van der Waals surface area contributed by atoms with Gasteiger partial charge in [0.15, 0.2) is 11.5 Å². The van der Waals surface area contributed by atoms with Crippen molar-refractivity contribution in [1.82, 2.24) is 20.6 Å². The van der Waals surface area contributed by atoms with E-state index < -0.39 is 0 Å². The lowest BCUT2D eigenvalue weighted by atomic mass is 10.2. The van der Waals surface area contributed by atoms with Crippen LogP contribution >= 0.6 is 34.2 Å². The molecule has 0 spiro atoms. The maximum Gasteiger partial charge on any atom is 0.204 e. The molecule has 124 valence electrons. The van der Waals surface area contributed by atoms with Crippen LogP contribution in [0.3, 0.4) is 0 Å². The van der Waals surface area contributed by atoms with Crippen LogP contribution in [0.4, 0.5) is 0 Å². The van der Waals surface area contributed by atoms with Crippen molar-refractivity contribution in [3.8, 4) is 22.9 Å². The third kappa shape index (κ3) is 3.96. The summed E-state index contributed by atoms with van der Waals surface area (Å²) in [5.41, 5.74) is 1.84. The van der Waals surface area contributed by atoms with Gasteiger partial charge in [-0.3, -0.25) is 0 Å². The number of aromatic nitrogens is 4. The van der Waals surface area contributed by atoms with Gasteiger partial charge < -0.3 is 9.47 Å². The van der Waals surface area contributed by atoms with Crippen LogP contribution in [0.1, 0.15) is 12.5 Å². The Morgan fingerprint density at radius 2 is 1.96 bits per heavy atom. The quantitative estimate of drug-likeness (QED) is 0.565. The van der Waals surface area contributed by atoms with Crippen LogP contribution < -0.4 is 9.47 Å². The standard InChI is InChI=1S/C16H14ClIN4O2/c1-2-23-14-8-11(16-19-21-22-20-16)7-13(18)15(14)24-9-10-3-5-12(17)6-4-10/h3-8H,2,9H2,1H3,(H,19,20,21,22). The van der Waals surface area contributed by atoms with Crippen LogP contribution in [0, 0.1) is 3.57 Å². The highest BCUT2D eigenvalue weighted by molar-refractivity contribution is 14.1. The predicted molar refractivity (Wildman–Crippen MR) is 99.3 cm³/mol. The average molecular weight is 457 g/mol. The van der Waals surface area contributed by atoms with E-state index in [-0.39, 0.29) is 0 Å². The molecule has 0 atom stereocenters. The van der Waals surface area contributed by atoms with E-state index in [1.165, 1.54) is 0 Å². The molecule has 0 aliphatic carbocycles. The van der Waals surface area contributed by atoms with E-state index in [0.29, 0.717) is 35.6 Å². The minimum atomic E-state index is 0.425. The summed E-state index contributed by atoms with van der Waals surface area (Å²) in [4.78, 5) is 0. The third-order valence-corrected chi connectivity index (χ3v) is 4.26. The molecule has 0 aliphatic rings. The first-order valence-corrected chi connectivity index (χ1v) is 8.70. The molecule has 0 unspecified atom stereocenters. The lowest BCUT2D eigenvalue weighted by Gasteiger charge is -2.15. The lowest BCUT2D eigenvalue weighted by Crippen LogP contribution is -2.02. The maximum atomic E-state index is 5.98. The summed E-state index contributed by atoms with van der Waals surface area (Å²) < 4.78 is 12.6. The Labute approximate surface area is 157 Å². The van der Waals surface area contributed by atoms with E-state index in [0.717, 1.165) is 14.7 Å². The summed E-state index contributed by atoms with van der Waals surface area (Å²) >= 11 is 8.12. The summed E-state index contributed by atoms with van der Waals surface area (Å²) in [7, 11) is 0. The van der Waals surface area contributed by atoms with E-state index in [1.54, 1.807) is 0 Å². The van der Waals surface area contributed by atoms with Crippen LogP contribution in [-0.4, -0.2) is 27.2 Å². The van der Waals surface area contributed by atoms with Crippen molar-refractivity contribution in [2.24, 2.45) is 0 Å². The molecule has 24 heavy (non-hydrogen) atoms. The molecule has 0 saturated carbocycles. The van der Waals surface area contributed by atoms with Gasteiger partial charge in [0.25, 0.3) is 0 Å². The van der Waals surface area contributed by atoms with Gasteiger partial charge >= 0.3 is 0 Å². The van der Waals surface area contributed by atoms with Gasteiger partial charge in [0.05, 0.1) is 10.2 Å². The maximum absolute atomic E-state index is 5.98. The molecule has 0 bridgehead atoms. The number of rotatable bonds is 6. The van der Waals surface area contributed by atoms with Crippen LogP contribution in [0.15, 0.2) is 36.4 Å². The van der Waals surface area contributed by atoms with Crippen LogP contribution in [0.25, 0.3) is 11.4 Å². The average Bonchev–Trinajstić information content (AvgIpc) is 3.10. The van der Waals surface area contributed by atoms with E-state index in [4.69, 9.17) is 21.1 Å². The van der Waals surface area contributed by atoms with Gasteiger partial charge in [-0.2, -0.15) is 5.21 Å². The van der Waals surface area contributed by atoms with Crippen LogP contribution in [0.2, 0.25) is 5.02 Å². The third-order valence-electron chi connectivity index (χ3n) is 3.21. The van der Waals surface area contributed by atoms with Gasteiger partial charge in [-0.25, -0.2) is 0 Å². The normalized spacial score (nSPS) is 10.6. The first-order valence-electron chi connectivity index (χ1n) is 7.24. The topological polar surface area (TPSA) is 72.9 Å². The van der Waals surface area contributed by atoms with Crippen molar-refractivity contribution in [2.45, 2.75) is 13.5 Å². The van der Waals surface area contributed by atoms with E-state index in [1.807, 2.05) is 43.3 Å². The minimum absolute atomic E-state index is 0.425. The molecule has 1 heterocycles. The highest BCUT2D eigenvalue weighted by Gasteiger charge is 2.15. The Kier molecular flexibility index (Phi) is 5.52. The number of ether oxygens (including phenoxy) is 2. The fourth-order valence-corrected chi connectivity index (χ4v) is 3.00. The molecule has 6 nitrogen and oxygen atoms in total. The number of aromatic amines is 1. The Balaban J connectivity index is 1.87. The first kappa shape index (κ1) is 17.0. The predicted octanol–water partition coefficient (Wildman–Crippen LogP) is 4.10.